The van der Waals surface area contributed by atoms with E-state index in [0.717, 1.165) is 5.22 Å². The molecular formula is C20H28N2O4. The first kappa shape index (κ1) is 20.0. The highest BCUT2D eigenvalue weighted by atomic mass is 16.3. The summed E-state index contributed by atoms with van der Waals surface area (Å²) in [6.07, 6.45) is 1.73. The molecule has 2 amide bonds. The molecule has 1 aliphatic carbocycles. The van der Waals surface area contributed by atoms with Crippen LogP contribution in [0, 0.1) is 5.92 Å². The number of phenols is 1. The summed E-state index contributed by atoms with van der Waals surface area (Å²) in [6, 6.07) is 1.48. The van der Waals surface area contributed by atoms with E-state index in [1.54, 1.807) is 0 Å². The Morgan fingerprint density at radius 1 is 1.12 bits per heavy atom. The minimum absolute atomic E-state index is 0.0728. The van der Waals surface area contributed by atoms with E-state index in [9.17, 15) is 19.8 Å². The molecule has 1 aromatic carbocycles. The predicted molar refractivity (Wildman–Crippen MR) is 101 cm³/mol. The Morgan fingerprint density at radius 2 is 1.73 bits per heavy atom. The van der Waals surface area contributed by atoms with Crippen molar-refractivity contribution in [3.63, 3.8) is 0 Å². The Hall–Kier alpha value is -2.34. The fraction of sp³-hybridized carbons (Fsp3) is 0.500. The van der Waals surface area contributed by atoms with Gasteiger partial charge in [0, 0.05) is 0 Å². The summed E-state index contributed by atoms with van der Waals surface area (Å²) < 4.78 is 0. The molecule has 0 radical (unpaired) electrons. The number of nitrogens with two attached hydrogens (primary N) is 2. The number of aliphatic hydroxyl groups is 1. The summed E-state index contributed by atoms with van der Waals surface area (Å²) in [6.45, 7) is 7.45. The largest absolute Gasteiger partial charge is 0.507 e. The molecule has 1 aliphatic rings. The number of primary amides is 2. The van der Waals surface area contributed by atoms with Gasteiger partial charge in [-0.1, -0.05) is 27.7 Å². The van der Waals surface area contributed by atoms with Gasteiger partial charge in [0.05, 0.1) is 11.5 Å². The fourth-order valence-electron chi connectivity index (χ4n) is 4.49. The SMILES string of the molecule is CCC1=c2cc(O)c(C(N)=O)c(CC)c2=C(CC)C(O)(CC)C1C(N)=O. The second-order valence-corrected chi connectivity index (χ2v) is 6.71. The lowest BCUT2D eigenvalue weighted by molar-refractivity contribution is -0.125. The quantitative estimate of drug-likeness (QED) is 0.587. The smallest absolute Gasteiger partial charge is 0.252 e. The summed E-state index contributed by atoms with van der Waals surface area (Å²) in [5.41, 5.74) is 11.8. The van der Waals surface area contributed by atoms with Gasteiger partial charge >= 0.3 is 0 Å². The van der Waals surface area contributed by atoms with Gasteiger partial charge in [-0.25, -0.2) is 0 Å². The number of hydrogen-bond donors (Lipinski definition) is 4. The summed E-state index contributed by atoms with van der Waals surface area (Å²) in [4.78, 5) is 24.2. The monoisotopic (exact) mass is 360 g/mol. The number of amides is 2. The van der Waals surface area contributed by atoms with Gasteiger partial charge in [-0.05, 0) is 58.9 Å². The van der Waals surface area contributed by atoms with Crippen LogP contribution in [0.3, 0.4) is 0 Å². The molecule has 6 nitrogen and oxygen atoms in total. The molecule has 0 aromatic heterocycles. The van der Waals surface area contributed by atoms with E-state index in [1.807, 2.05) is 27.7 Å². The number of carbonyl (C=O) groups excluding carboxylic acids is 2. The molecule has 0 spiro atoms. The van der Waals surface area contributed by atoms with Crippen molar-refractivity contribution in [1.29, 1.82) is 0 Å². The standard InChI is InChI=1S/C20H28N2O4/c1-5-10-12-9-14(23)16(18(21)24)11(6-2)15(12)13(7-3)20(26,8-4)17(10)19(22)25/h9,17,23,26H,5-8H2,1-4H3,(H2,21,24)(H2,22,25). The van der Waals surface area contributed by atoms with Crippen molar-refractivity contribution in [1.82, 2.24) is 0 Å². The van der Waals surface area contributed by atoms with Crippen molar-refractivity contribution in [2.45, 2.75) is 59.0 Å². The van der Waals surface area contributed by atoms with Crippen molar-refractivity contribution >= 4 is 23.0 Å². The lowest BCUT2D eigenvalue weighted by Crippen LogP contribution is -2.56. The first-order valence-corrected chi connectivity index (χ1v) is 9.12. The zero-order valence-corrected chi connectivity index (χ0v) is 15.8. The first-order valence-electron chi connectivity index (χ1n) is 9.12. The van der Waals surface area contributed by atoms with E-state index in [-0.39, 0.29) is 11.3 Å². The zero-order valence-electron chi connectivity index (χ0n) is 15.8. The molecular weight excluding hydrogens is 332 g/mol. The van der Waals surface area contributed by atoms with Crippen LogP contribution >= 0.6 is 0 Å². The molecule has 6 heteroatoms. The summed E-state index contributed by atoms with van der Waals surface area (Å²) in [5.74, 6) is -2.39. The molecule has 0 fully saturated rings. The molecule has 0 aliphatic heterocycles. The highest BCUT2D eigenvalue weighted by Gasteiger charge is 2.46. The molecule has 2 rings (SSSR count). The maximum Gasteiger partial charge on any atom is 0.252 e. The average Bonchev–Trinajstić information content (AvgIpc) is 2.59. The lowest BCUT2D eigenvalue weighted by Gasteiger charge is -2.40. The molecule has 0 saturated carbocycles. The third-order valence-electron chi connectivity index (χ3n) is 5.56. The highest BCUT2D eigenvalue weighted by Crippen LogP contribution is 2.40. The second kappa shape index (κ2) is 7.11. The maximum absolute atomic E-state index is 12.3. The van der Waals surface area contributed by atoms with Gasteiger partial charge in [0.15, 0.2) is 0 Å². The normalized spacial score (nSPS) is 22.3. The summed E-state index contributed by atoms with van der Waals surface area (Å²) in [7, 11) is 0. The summed E-state index contributed by atoms with van der Waals surface area (Å²) in [5, 5.41) is 23.3. The fourth-order valence-corrected chi connectivity index (χ4v) is 4.49. The van der Waals surface area contributed by atoms with E-state index in [0.29, 0.717) is 47.6 Å². The first-order chi connectivity index (χ1) is 12.2. The van der Waals surface area contributed by atoms with Gasteiger partial charge < -0.3 is 21.7 Å². The minimum Gasteiger partial charge on any atom is -0.507 e. The van der Waals surface area contributed by atoms with Crippen molar-refractivity contribution in [2.24, 2.45) is 17.4 Å². The van der Waals surface area contributed by atoms with Crippen molar-refractivity contribution in [2.75, 3.05) is 0 Å². The van der Waals surface area contributed by atoms with E-state index >= 15 is 0 Å². The van der Waals surface area contributed by atoms with Crippen LogP contribution in [0.2, 0.25) is 0 Å². The molecule has 142 valence electrons. The van der Waals surface area contributed by atoms with Gasteiger partial charge in [-0.15, -0.1) is 0 Å². The Kier molecular flexibility index (Phi) is 5.47. The number of rotatable bonds is 6. The van der Waals surface area contributed by atoms with E-state index in [1.165, 1.54) is 6.07 Å². The van der Waals surface area contributed by atoms with Crippen molar-refractivity contribution < 1.29 is 19.8 Å². The maximum atomic E-state index is 12.3. The average molecular weight is 360 g/mol. The molecule has 6 N–H and O–H groups in total. The molecule has 26 heavy (non-hydrogen) atoms. The predicted octanol–water partition coefficient (Wildman–Crippen LogP) is 0.431. The number of hydrogen-bond acceptors (Lipinski definition) is 4. The van der Waals surface area contributed by atoms with Crippen molar-refractivity contribution in [3.05, 3.63) is 27.6 Å². The zero-order chi connectivity index (χ0) is 19.8. The minimum atomic E-state index is -1.42. The molecule has 1 aromatic rings. The summed E-state index contributed by atoms with van der Waals surface area (Å²) >= 11 is 0. The van der Waals surface area contributed by atoms with Gasteiger partial charge in [-0.2, -0.15) is 0 Å². The van der Waals surface area contributed by atoms with Gasteiger partial charge in [0.25, 0.3) is 5.91 Å². The lowest BCUT2D eigenvalue weighted by atomic mass is 9.68. The van der Waals surface area contributed by atoms with Crippen LogP contribution in [-0.4, -0.2) is 27.6 Å². The number of benzene rings is 1. The number of aromatic hydroxyl groups is 1. The Balaban J connectivity index is 3.26. The van der Waals surface area contributed by atoms with E-state index in [2.05, 4.69) is 0 Å². The van der Waals surface area contributed by atoms with Crippen LogP contribution in [0.5, 0.6) is 5.75 Å². The third kappa shape index (κ3) is 2.69. The molecule has 0 heterocycles. The number of fused-ring (bicyclic) bond motifs is 1. The van der Waals surface area contributed by atoms with Crippen LogP contribution in [0.25, 0.3) is 11.1 Å². The molecule has 0 saturated heterocycles. The molecule has 2 unspecified atom stereocenters. The Morgan fingerprint density at radius 3 is 2.12 bits per heavy atom. The van der Waals surface area contributed by atoms with Gasteiger partial charge in [0.1, 0.15) is 11.4 Å². The second-order valence-electron chi connectivity index (χ2n) is 6.71. The van der Waals surface area contributed by atoms with E-state index in [4.69, 9.17) is 11.5 Å². The van der Waals surface area contributed by atoms with Crippen LogP contribution in [0.4, 0.5) is 0 Å². The Bertz CT molecular complexity index is 888. The molecule has 2 atom stereocenters. The van der Waals surface area contributed by atoms with Crippen LogP contribution < -0.4 is 21.9 Å². The van der Waals surface area contributed by atoms with Crippen LogP contribution in [-0.2, 0) is 11.2 Å². The third-order valence-corrected chi connectivity index (χ3v) is 5.56. The topological polar surface area (TPSA) is 127 Å². The van der Waals surface area contributed by atoms with Crippen LogP contribution in [0.1, 0.15) is 62.9 Å². The Labute approximate surface area is 153 Å². The van der Waals surface area contributed by atoms with Gasteiger partial charge in [-0.3, -0.25) is 9.59 Å². The highest BCUT2D eigenvalue weighted by molar-refractivity contribution is 5.98. The van der Waals surface area contributed by atoms with Crippen LogP contribution in [0.15, 0.2) is 6.07 Å². The number of carbonyl (C=O) groups is 2. The van der Waals surface area contributed by atoms with Gasteiger partial charge in [0.2, 0.25) is 5.91 Å². The molecule has 0 bridgehead atoms. The van der Waals surface area contributed by atoms with E-state index < -0.39 is 23.3 Å². The van der Waals surface area contributed by atoms with Crippen molar-refractivity contribution in [3.8, 4) is 5.75 Å².